The number of thiophene rings is 1. The summed E-state index contributed by atoms with van der Waals surface area (Å²) in [6, 6.07) is 8.32. The summed E-state index contributed by atoms with van der Waals surface area (Å²) in [5.41, 5.74) is 1.39. The van der Waals surface area contributed by atoms with E-state index in [2.05, 4.69) is 15.3 Å². The van der Waals surface area contributed by atoms with Crippen LogP contribution in [0.5, 0.6) is 5.06 Å². The number of aromatic nitrogens is 2. The Balaban J connectivity index is 1.39. The van der Waals surface area contributed by atoms with Gasteiger partial charge >= 0.3 is 0 Å². The van der Waals surface area contributed by atoms with Gasteiger partial charge in [0.05, 0.1) is 23.7 Å². The van der Waals surface area contributed by atoms with Crippen molar-refractivity contribution in [3.05, 3.63) is 46.9 Å². The third kappa shape index (κ3) is 3.31. The standard InChI is InChI=1S/C19H20FN3O2S/c1-3-25-17-7-6-16(26-17)10(2)21-19(24)13-9-12(13)18-22-14-5-4-11(20)8-15(14)23-18/h4-8,10,12-13H,3,9H2,1-2H3,(H,21,24)(H,22,23)/t10-,12+,13+/m1/s1. The number of carbonyl (C=O) groups excluding carboxylic acids is 1. The van der Waals surface area contributed by atoms with E-state index in [1.165, 1.54) is 12.1 Å². The molecular weight excluding hydrogens is 353 g/mol. The first kappa shape index (κ1) is 17.0. The number of halogens is 1. The van der Waals surface area contributed by atoms with E-state index in [0.717, 1.165) is 27.7 Å². The lowest BCUT2D eigenvalue weighted by molar-refractivity contribution is -0.123. The molecule has 0 spiro atoms. The molecule has 3 aromatic rings. The van der Waals surface area contributed by atoms with Crippen LogP contribution in [0.2, 0.25) is 0 Å². The minimum Gasteiger partial charge on any atom is -0.484 e. The number of hydrogen-bond acceptors (Lipinski definition) is 4. The van der Waals surface area contributed by atoms with Gasteiger partial charge in [-0.3, -0.25) is 4.79 Å². The Bertz CT molecular complexity index is 951. The molecule has 26 heavy (non-hydrogen) atoms. The zero-order valence-electron chi connectivity index (χ0n) is 14.6. The molecule has 136 valence electrons. The van der Waals surface area contributed by atoms with Gasteiger partial charge in [-0.05, 0) is 50.6 Å². The summed E-state index contributed by atoms with van der Waals surface area (Å²) in [6.45, 7) is 4.55. The third-order valence-corrected chi connectivity index (χ3v) is 5.80. The van der Waals surface area contributed by atoms with Crippen LogP contribution < -0.4 is 10.1 Å². The average Bonchev–Trinajstić information content (AvgIpc) is 3.08. The van der Waals surface area contributed by atoms with Crippen LogP contribution >= 0.6 is 11.3 Å². The van der Waals surface area contributed by atoms with Crippen LogP contribution in [0.15, 0.2) is 30.3 Å². The van der Waals surface area contributed by atoms with Crippen molar-refractivity contribution < 1.29 is 13.9 Å². The van der Waals surface area contributed by atoms with E-state index in [0.29, 0.717) is 12.1 Å². The number of imidazole rings is 1. The van der Waals surface area contributed by atoms with Crippen molar-refractivity contribution in [2.24, 2.45) is 5.92 Å². The Morgan fingerprint density at radius 1 is 1.46 bits per heavy atom. The first-order valence-electron chi connectivity index (χ1n) is 8.73. The predicted octanol–water partition coefficient (Wildman–Crippen LogP) is 4.14. The molecule has 2 aromatic heterocycles. The largest absolute Gasteiger partial charge is 0.484 e. The molecule has 1 saturated carbocycles. The molecule has 0 bridgehead atoms. The van der Waals surface area contributed by atoms with Gasteiger partial charge in [-0.15, -0.1) is 11.3 Å². The van der Waals surface area contributed by atoms with Gasteiger partial charge in [0.25, 0.3) is 0 Å². The molecule has 2 heterocycles. The Hall–Kier alpha value is -2.41. The summed E-state index contributed by atoms with van der Waals surface area (Å²) in [5, 5.41) is 3.93. The molecule has 0 radical (unpaired) electrons. The average molecular weight is 373 g/mol. The Morgan fingerprint density at radius 3 is 3.12 bits per heavy atom. The fourth-order valence-electron chi connectivity index (χ4n) is 3.14. The molecule has 1 aromatic carbocycles. The summed E-state index contributed by atoms with van der Waals surface area (Å²) in [6.07, 6.45) is 0.759. The van der Waals surface area contributed by atoms with Crippen molar-refractivity contribution in [3.8, 4) is 5.06 Å². The van der Waals surface area contributed by atoms with Crippen LogP contribution in [-0.2, 0) is 4.79 Å². The number of fused-ring (bicyclic) bond motifs is 1. The number of H-pyrrole nitrogens is 1. The van der Waals surface area contributed by atoms with E-state index in [4.69, 9.17) is 4.74 Å². The molecule has 3 atom stereocenters. The maximum absolute atomic E-state index is 13.3. The molecule has 0 saturated heterocycles. The van der Waals surface area contributed by atoms with Crippen molar-refractivity contribution in [2.45, 2.75) is 32.2 Å². The van der Waals surface area contributed by atoms with Gasteiger partial charge < -0.3 is 15.0 Å². The molecule has 0 unspecified atom stereocenters. The van der Waals surface area contributed by atoms with Crippen molar-refractivity contribution in [3.63, 3.8) is 0 Å². The number of nitrogens with one attached hydrogen (secondary N) is 2. The second kappa shape index (κ2) is 6.72. The van der Waals surface area contributed by atoms with Crippen LogP contribution in [0.3, 0.4) is 0 Å². The molecule has 7 heteroatoms. The maximum Gasteiger partial charge on any atom is 0.224 e. The molecule has 1 fully saturated rings. The first-order chi connectivity index (χ1) is 12.5. The highest BCUT2D eigenvalue weighted by Crippen LogP contribution is 2.47. The lowest BCUT2D eigenvalue weighted by Crippen LogP contribution is -2.28. The van der Waals surface area contributed by atoms with E-state index in [9.17, 15) is 9.18 Å². The van der Waals surface area contributed by atoms with Crippen molar-refractivity contribution in [1.82, 2.24) is 15.3 Å². The van der Waals surface area contributed by atoms with E-state index < -0.39 is 0 Å². The van der Waals surface area contributed by atoms with E-state index >= 15 is 0 Å². The van der Waals surface area contributed by atoms with Gasteiger partial charge in [0.15, 0.2) is 5.06 Å². The molecular formula is C19H20FN3O2S. The maximum atomic E-state index is 13.3. The van der Waals surface area contributed by atoms with E-state index in [1.807, 2.05) is 26.0 Å². The lowest BCUT2D eigenvalue weighted by Gasteiger charge is -2.12. The number of hydrogen-bond donors (Lipinski definition) is 2. The number of nitrogens with zero attached hydrogens (tertiary/aromatic N) is 1. The van der Waals surface area contributed by atoms with Crippen molar-refractivity contribution >= 4 is 28.3 Å². The summed E-state index contributed by atoms with van der Waals surface area (Å²) < 4.78 is 18.8. The van der Waals surface area contributed by atoms with Crippen molar-refractivity contribution in [2.75, 3.05) is 6.61 Å². The number of ether oxygens (including phenoxy) is 1. The van der Waals surface area contributed by atoms with Gasteiger partial charge in [0.2, 0.25) is 5.91 Å². The molecule has 2 N–H and O–H groups in total. The highest BCUT2D eigenvalue weighted by molar-refractivity contribution is 7.13. The molecule has 1 aliphatic rings. The Morgan fingerprint density at radius 2 is 2.31 bits per heavy atom. The monoisotopic (exact) mass is 373 g/mol. The van der Waals surface area contributed by atoms with Gasteiger partial charge in [-0.1, -0.05) is 0 Å². The zero-order chi connectivity index (χ0) is 18.3. The van der Waals surface area contributed by atoms with Gasteiger partial charge in [0, 0.05) is 16.7 Å². The van der Waals surface area contributed by atoms with Crippen LogP contribution in [0.25, 0.3) is 11.0 Å². The fourth-order valence-corrected chi connectivity index (χ4v) is 4.06. The summed E-state index contributed by atoms with van der Waals surface area (Å²) in [4.78, 5) is 21.2. The summed E-state index contributed by atoms with van der Waals surface area (Å²) in [7, 11) is 0. The second-order valence-electron chi connectivity index (χ2n) is 6.55. The number of aromatic amines is 1. The molecule has 0 aliphatic heterocycles. The zero-order valence-corrected chi connectivity index (χ0v) is 15.4. The number of rotatable bonds is 6. The summed E-state index contributed by atoms with van der Waals surface area (Å²) in [5.74, 6) is 0.469. The number of amides is 1. The lowest BCUT2D eigenvalue weighted by atomic mass is 10.2. The Labute approximate surface area is 154 Å². The Kier molecular flexibility index (Phi) is 4.40. The van der Waals surface area contributed by atoms with Crippen molar-refractivity contribution in [1.29, 1.82) is 0 Å². The van der Waals surface area contributed by atoms with E-state index in [-0.39, 0.29) is 29.6 Å². The normalized spacial score (nSPS) is 20.1. The highest BCUT2D eigenvalue weighted by atomic mass is 32.1. The molecule has 4 rings (SSSR count). The minimum absolute atomic E-state index is 0.0282. The SMILES string of the molecule is CCOc1ccc([C@@H](C)NC(=O)[C@H]2C[C@@H]2c2nc3ccc(F)cc3[nH]2)s1. The second-order valence-corrected chi connectivity index (χ2v) is 7.63. The minimum atomic E-state index is -0.297. The molecule has 1 aliphatic carbocycles. The third-order valence-electron chi connectivity index (χ3n) is 4.61. The smallest absolute Gasteiger partial charge is 0.224 e. The van der Waals surface area contributed by atoms with Crippen LogP contribution in [-0.4, -0.2) is 22.5 Å². The highest BCUT2D eigenvalue weighted by Gasteiger charge is 2.46. The summed E-state index contributed by atoms with van der Waals surface area (Å²) >= 11 is 1.55. The van der Waals surface area contributed by atoms with Crippen LogP contribution in [0.4, 0.5) is 4.39 Å². The van der Waals surface area contributed by atoms with Gasteiger partial charge in [-0.25, -0.2) is 9.37 Å². The predicted molar refractivity (Wildman–Crippen MR) is 98.9 cm³/mol. The van der Waals surface area contributed by atoms with Gasteiger partial charge in [0.1, 0.15) is 11.6 Å². The molecule has 5 nitrogen and oxygen atoms in total. The number of benzene rings is 1. The van der Waals surface area contributed by atoms with Crippen LogP contribution in [0.1, 0.15) is 42.9 Å². The van der Waals surface area contributed by atoms with E-state index in [1.54, 1.807) is 17.4 Å². The van der Waals surface area contributed by atoms with Crippen LogP contribution in [0, 0.1) is 11.7 Å². The first-order valence-corrected chi connectivity index (χ1v) is 9.55. The van der Waals surface area contributed by atoms with Gasteiger partial charge in [-0.2, -0.15) is 0 Å². The molecule has 1 amide bonds. The fraction of sp³-hybridized carbons (Fsp3) is 0.368. The number of carbonyl (C=O) groups is 1. The quantitative estimate of drug-likeness (QED) is 0.682. The topological polar surface area (TPSA) is 67.0 Å².